The van der Waals surface area contributed by atoms with Gasteiger partial charge in [-0.2, -0.15) is 0 Å². The maximum absolute atomic E-state index is 10.6. The third-order valence-corrected chi connectivity index (χ3v) is 2.56. The Labute approximate surface area is 113 Å². The molecule has 0 bridgehead atoms. The molecule has 0 aromatic carbocycles. The van der Waals surface area contributed by atoms with Crippen LogP contribution in [-0.4, -0.2) is 48.6 Å². The summed E-state index contributed by atoms with van der Waals surface area (Å²) in [6.45, 7) is 8.06. The first-order valence-corrected chi connectivity index (χ1v) is 6.27. The summed E-state index contributed by atoms with van der Waals surface area (Å²) < 4.78 is 10.7. The molecule has 2 atom stereocenters. The summed E-state index contributed by atoms with van der Waals surface area (Å²) in [6, 6.07) is 0. The largest absolute Gasteiger partial charge is 0.481 e. The monoisotopic (exact) mass is 276 g/mol. The number of carbonyl (C=O) groups is 2. The summed E-state index contributed by atoms with van der Waals surface area (Å²) in [5.41, 5.74) is -0.281. The van der Waals surface area contributed by atoms with E-state index >= 15 is 0 Å². The van der Waals surface area contributed by atoms with Gasteiger partial charge in [0.05, 0.1) is 38.3 Å². The summed E-state index contributed by atoms with van der Waals surface area (Å²) in [5, 5.41) is 17.4. The molecule has 0 saturated heterocycles. The van der Waals surface area contributed by atoms with Gasteiger partial charge >= 0.3 is 11.9 Å². The zero-order chi connectivity index (χ0) is 15.1. The lowest BCUT2D eigenvalue weighted by Gasteiger charge is -2.25. The molecule has 6 heteroatoms. The van der Waals surface area contributed by atoms with Gasteiger partial charge in [0.2, 0.25) is 0 Å². The highest BCUT2D eigenvalue weighted by atomic mass is 16.5. The van der Waals surface area contributed by atoms with Crippen molar-refractivity contribution in [2.75, 3.05) is 26.4 Å². The maximum Gasteiger partial charge on any atom is 0.308 e. The van der Waals surface area contributed by atoms with Gasteiger partial charge in [-0.3, -0.25) is 9.59 Å². The summed E-state index contributed by atoms with van der Waals surface area (Å²) in [7, 11) is 0. The molecule has 2 N–H and O–H groups in total. The minimum atomic E-state index is -0.885. The molecule has 0 amide bonds. The van der Waals surface area contributed by atoms with E-state index in [1.54, 1.807) is 13.8 Å². The minimum Gasteiger partial charge on any atom is -0.481 e. The summed E-state index contributed by atoms with van der Waals surface area (Å²) in [4.78, 5) is 21.2. The fraction of sp³-hybridized carbons (Fsp3) is 0.846. The van der Waals surface area contributed by atoms with Crippen molar-refractivity contribution in [2.24, 2.45) is 17.3 Å². The first-order valence-electron chi connectivity index (χ1n) is 6.27. The zero-order valence-corrected chi connectivity index (χ0v) is 12.0. The topological polar surface area (TPSA) is 93.1 Å². The van der Waals surface area contributed by atoms with Gasteiger partial charge in [0.1, 0.15) is 0 Å². The Kier molecular flexibility index (Phi) is 7.63. The van der Waals surface area contributed by atoms with Gasteiger partial charge in [-0.15, -0.1) is 0 Å². The number of hydrogen-bond acceptors (Lipinski definition) is 4. The highest BCUT2D eigenvalue weighted by Crippen LogP contribution is 2.17. The molecule has 0 aliphatic rings. The lowest BCUT2D eigenvalue weighted by atomic mass is 9.96. The number of hydrogen-bond donors (Lipinski definition) is 2. The van der Waals surface area contributed by atoms with E-state index in [-0.39, 0.29) is 18.6 Å². The van der Waals surface area contributed by atoms with Gasteiger partial charge in [0, 0.05) is 5.41 Å². The van der Waals surface area contributed by atoms with Crippen LogP contribution in [0.3, 0.4) is 0 Å². The molecular weight excluding hydrogens is 252 g/mol. The summed E-state index contributed by atoms with van der Waals surface area (Å²) >= 11 is 0. The van der Waals surface area contributed by atoms with Crippen LogP contribution in [0.2, 0.25) is 0 Å². The van der Waals surface area contributed by atoms with E-state index in [9.17, 15) is 9.59 Å². The van der Waals surface area contributed by atoms with Crippen molar-refractivity contribution in [3.05, 3.63) is 0 Å². The Balaban J connectivity index is 3.86. The van der Waals surface area contributed by atoms with Crippen LogP contribution in [-0.2, 0) is 19.1 Å². The Morgan fingerprint density at radius 1 is 0.947 bits per heavy atom. The molecule has 0 radical (unpaired) electrons. The average molecular weight is 276 g/mol. The molecule has 0 aromatic heterocycles. The summed E-state index contributed by atoms with van der Waals surface area (Å²) in [6.07, 6.45) is 0. The lowest BCUT2D eigenvalue weighted by molar-refractivity contribution is -0.143. The fourth-order valence-electron chi connectivity index (χ4n) is 1.21. The van der Waals surface area contributed by atoms with E-state index in [4.69, 9.17) is 19.7 Å². The first-order chi connectivity index (χ1) is 8.65. The van der Waals surface area contributed by atoms with Crippen LogP contribution in [0.1, 0.15) is 27.7 Å². The van der Waals surface area contributed by atoms with Crippen LogP contribution in [0.15, 0.2) is 0 Å². The third-order valence-electron chi connectivity index (χ3n) is 2.56. The van der Waals surface area contributed by atoms with Crippen LogP contribution in [0.5, 0.6) is 0 Å². The molecule has 0 aromatic rings. The van der Waals surface area contributed by atoms with Crippen molar-refractivity contribution in [1.29, 1.82) is 0 Å². The zero-order valence-electron chi connectivity index (χ0n) is 12.0. The molecule has 6 nitrogen and oxygen atoms in total. The van der Waals surface area contributed by atoms with E-state index in [0.29, 0.717) is 13.2 Å². The quantitative estimate of drug-likeness (QED) is 0.628. The second kappa shape index (κ2) is 8.12. The third kappa shape index (κ3) is 8.56. The number of carboxylic acids is 2. The van der Waals surface area contributed by atoms with Gasteiger partial charge in [-0.05, 0) is 13.8 Å². The van der Waals surface area contributed by atoms with Crippen molar-refractivity contribution in [1.82, 2.24) is 0 Å². The highest BCUT2D eigenvalue weighted by molar-refractivity contribution is 5.69. The smallest absolute Gasteiger partial charge is 0.308 e. The van der Waals surface area contributed by atoms with Crippen molar-refractivity contribution in [3.8, 4) is 0 Å². The van der Waals surface area contributed by atoms with Crippen molar-refractivity contribution < 1.29 is 29.3 Å². The molecule has 0 saturated carbocycles. The van der Waals surface area contributed by atoms with Gasteiger partial charge in [-0.1, -0.05) is 13.8 Å². The van der Waals surface area contributed by atoms with E-state index in [2.05, 4.69) is 0 Å². The second-order valence-electron chi connectivity index (χ2n) is 5.67. The summed E-state index contributed by atoms with van der Waals surface area (Å²) in [5.74, 6) is -2.85. The Hall–Kier alpha value is -1.14. The Bertz CT molecular complexity index is 272. The van der Waals surface area contributed by atoms with Crippen molar-refractivity contribution in [2.45, 2.75) is 27.7 Å². The predicted molar refractivity (Wildman–Crippen MR) is 69.0 cm³/mol. The molecule has 0 fully saturated rings. The van der Waals surface area contributed by atoms with Crippen LogP contribution >= 0.6 is 0 Å². The number of ether oxygens (including phenoxy) is 2. The standard InChI is InChI=1S/C13H24O6/c1-9(11(14)15)5-18-7-13(3,4)8-19-6-10(2)12(16)17/h9-10H,5-8H2,1-4H3,(H,14,15)(H,16,17). The molecule has 0 spiro atoms. The van der Waals surface area contributed by atoms with Crippen LogP contribution in [0, 0.1) is 17.3 Å². The van der Waals surface area contributed by atoms with Crippen molar-refractivity contribution in [3.63, 3.8) is 0 Å². The normalized spacial score (nSPS) is 14.9. The molecule has 2 unspecified atom stereocenters. The van der Waals surface area contributed by atoms with Gasteiger partial charge in [-0.25, -0.2) is 0 Å². The fourth-order valence-corrected chi connectivity index (χ4v) is 1.21. The van der Waals surface area contributed by atoms with E-state index in [1.165, 1.54) is 0 Å². The molecule has 0 aliphatic heterocycles. The van der Waals surface area contributed by atoms with Crippen LogP contribution in [0.4, 0.5) is 0 Å². The average Bonchev–Trinajstić information content (AvgIpc) is 2.27. The van der Waals surface area contributed by atoms with Gasteiger partial charge < -0.3 is 19.7 Å². The van der Waals surface area contributed by atoms with Crippen molar-refractivity contribution >= 4 is 11.9 Å². The first kappa shape index (κ1) is 17.9. The van der Waals surface area contributed by atoms with Gasteiger partial charge in [0.25, 0.3) is 0 Å². The SMILES string of the molecule is CC(COCC(C)(C)COCC(C)C(=O)O)C(=O)O. The van der Waals surface area contributed by atoms with E-state index in [1.807, 2.05) is 13.8 Å². The molecule has 0 heterocycles. The van der Waals surface area contributed by atoms with Crippen LogP contribution in [0.25, 0.3) is 0 Å². The molecule has 19 heavy (non-hydrogen) atoms. The maximum atomic E-state index is 10.6. The number of carboxylic acid groups (broad SMARTS) is 2. The second-order valence-corrected chi connectivity index (χ2v) is 5.67. The lowest BCUT2D eigenvalue weighted by Crippen LogP contribution is -2.29. The van der Waals surface area contributed by atoms with E-state index in [0.717, 1.165) is 0 Å². The Morgan fingerprint density at radius 3 is 1.53 bits per heavy atom. The molecule has 112 valence electrons. The van der Waals surface area contributed by atoms with E-state index < -0.39 is 23.8 Å². The molecule has 0 aliphatic carbocycles. The van der Waals surface area contributed by atoms with Crippen LogP contribution < -0.4 is 0 Å². The predicted octanol–water partition coefficient (Wildman–Crippen LogP) is 1.49. The number of rotatable bonds is 10. The molecular formula is C13H24O6. The Morgan fingerprint density at radius 2 is 1.26 bits per heavy atom. The minimum absolute atomic E-state index is 0.157. The van der Waals surface area contributed by atoms with Gasteiger partial charge in [0.15, 0.2) is 0 Å². The number of aliphatic carboxylic acids is 2. The highest BCUT2D eigenvalue weighted by Gasteiger charge is 2.21. The molecule has 0 rings (SSSR count).